The Labute approximate surface area is 201 Å². The molecule has 2 aromatic heterocycles. The SMILES string of the molecule is O=C(Nc1cccc(-c2nc(Nc3ccc4[nH]ncc4c3)c3ccccc3n2)c1)N1CCOCC1. The number of nitrogens with zero attached hydrogens (tertiary/aromatic N) is 4. The third kappa shape index (κ3) is 4.36. The summed E-state index contributed by atoms with van der Waals surface area (Å²) in [7, 11) is 0. The van der Waals surface area contributed by atoms with Crippen molar-refractivity contribution in [1.29, 1.82) is 0 Å². The van der Waals surface area contributed by atoms with Crippen LogP contribution in [0.3, 0.4) is 0 Å². The third-order valence-corrected chi connectivity index (χ3v) is 5.98. The summed E-state index contributed by atoms with van der Waals surface area (Å²) < 4.78 is 5.33. The van der Waals surface area contributed by atoms with Crippen molar-refractivity contribution in [1.82, 2.24) is 25.1 Å². The Hall–Kier alpha value is -4.50. The van der Waals surface area contributed by atoms with E-state index in [-0.39, 0.29) is 6.03 Å². The average Bonchev–Trinajstić information content (AvgIpc) is 3.37. The Balaban J connectivity index is 1.33. The van der Waals surface area contributed by atoms with E-state index in [4.69, 9.17) is 14.7 Å². The molecule has 9 nitrogen and oxygen atoms in total. The van der Waals surface area contributed by atoms with Gasteiger partial charge < -0.3 is 20.3 Å². The van der Waals surface area contributed by atoms with E-state index in [0.717, 1.165) is 33.1 Å². The number of fused-ring (bicyclic) bond motifs is 2. The number of ether oxygens (including phenoxy) is 1. The van der Waals surface area contributed by atoms with Gasteiger partial charge in [-0.1, -0.05) is 24.3 Å². The molecular weight excluding hydrogens is 442 g/mol. The molecule has 35 heavy (non-hydrogen) atoms. The van der Waals surface area contributed by atoms with Gasteiger partial charge in [0.2, 0.25) is 0 Å². The molecule has 0 spiro atoms. The summed E-state index contributed by atoms with van der Waals surface area (Å²) >= 11 is 0. The Morgan fingerprint density at radius 1 is 0.943 bits per heavy atom. The highest BCUT2D eigenvalue weighted by Gasteiger charge is 2.17. The topological polar surface area (TPSA) is 108 Å². The first kappa shape index (κ1) is 21.1. The number of amides is 2. The number of H-pyrrole nitrogens is 1. The highest BCUT2D eigenvalue weighted by Crippen LogP contribution is 2.29. The maximum atomic E-state index is 12.6. The van der Waals surface area contributed by atoms with Crippen LogP contribution in [0, 0.1) is 0 Å². The van der Waals surface area contributed by atoms with E-state index in [0.29, 0.717) is 43.6 Å². The Morgan fingerprint density at radius 2 is 1.83 bits per heavy atom. The second-order valence-electron chi connectivity index (χ2n) is 8.32. The van der Waals surface area contributed by atoms with Crippen LogP contribution in [0.1, 0.15) is 0 Å². The van der Waals surface area contributed by atoms with Crippen molar-refractivity contribution in [2.24, 2.45) is 0 Å². The van der Waals surface area contributed by atoms with Gasteiger partial charge in [0.1, 0.15) is 5.82 Å². The second-order valence-corrected chi connectivity index (χ2v) is 8.32. The number of para-hydroxylation sites is 1. The molecule has 1 fully saturated rings. The van der Waals surface area contributed by atoms with Gasteiger partial charge in [-0.05, 0) is 42.5 Å². The van der Waals surface area contributed by atoms with E-state index in [1.54, 1.807) is 11.1 Å². The molecule has 1 saturated heterocycles. The van der Waals surface area contributed by atoms with Gasteiger partial charge in [0.25, 0.3) is 0 Å². The van der Waals surface area contributed by atoms with Gasteiger partial charge in [-0.3, -0.25) is 5.10 Å². The lowest BCUT2D eigenvalue weighted by Crippen LogP contribution is -2.43. The first-order valence-electron chi connectivity index (χ1n) is 11.4. The molecule has 0 aliphatic carbocycles. The molecule has 1 aliphatic heterocycles. The van der Waals surface area contributed by atoms with Crippen LogP contribution in [0.5, 0.6) is 0 Å². The summed E-state index contributed by atoms with van der Waals surface area (Å²) in [4.78, 5) is 24.0. The zero-order chi connectivity index (χ0) is 23.6. The van der Waals surface area contributed by atoms with Crippen molar-refractivity contribution in [2.75, 3.05) is 36.9 Å². The number of benzene rings is 3. The number of rotatable bonds is 4. The number of nitrogens with one attached hydrogen (secondary N) is 3. The van der Waals surface area contributed by atoms with Crippen LogP contribution < -0.4 is 10.6 Å². The maximum Gasteiger partial charge on any atom is 0.321 e. The molecule has 3 heterocycles. The average molecular weight is 466 g/mol. The second kappa shape index (κ2) is 9.03. The van der Waals surface area contributed by atoms with Gasteiger partial charge in [0.05, 0.1) is 30.4 Å². The summed E-state index contributed by atoms with van der Waals surface area (Å²) in [5.41, 5.74) is 4.20. The van der Waals surface area contributed by atoms with Crippen LogP contribution in [-0.4, -0.2) is 57.4 Å². The minimum absolute atomic E-state index is 0.137. The van der Waals surface area contributed by atoms with E-state index >= 15 is 0 Å². The molecule has 3 N–H and O–H groups in total. The summed E-state index contributed by atoms with van der Waals surface area (Å²) in [6, 6.07) is 21.3. The summed E-state index contributed by atoms with van der Waals surface area (Å²) in [6.07, 6.45) is 1.79. The zero-order valence-corrected chi connectivity index (χ0v) is 18.9. The fourth-order valence-corrected chi connectivity index (χ4v) is 4.16. The molecule has 0 radical (unpaired) electrons. The van der Waals surface area contributed by atoms with Gasteiger partial charge in [-0.15, -0.1) is 0 Å². The number of morpholine rings is 1. The Kier molecular flexibility index (Phi) is 5.44. The number of aromatic amines is 1. The molecule has 0 atom stereocenters. The molecular formula is C26H23N7O2. The Bertz CT molecular complexity index is 1530. The number of carbonyl (C=O) groups is 1. The number of anilines is 3. The van der Waals surface area contributed by atoms with E-state index in [2.05, 4.69) is 20.8 Å². The minimum atomic E-state index is -0.137. The van der Waals surface area contributed by atoms with Gasteiger partial charge in [-0.25, -0.2) is 14.8 Å². The van der Waals surface area contributed by atoms with Crippen molar-refractivity contribution >= 4 is 45.0 Å². The summed E-state index contributed by atoms with van der Waals surface area (Å²) in [5, 5.41) is 15.4. The van der Waals surface area contributed by atoms with Crippen LogP contribution in [0.2, 0.25) is 0 Å². The fourth-order valence-electron chi connectivity index (χ4n) is 4.16. The number of carbonyl (C=O) groups excluding carboxylic acids is 1. The quantitative estimate of drug-likeness (QED) is 0.353. The molecule has 5 aromatic rings. The van der Waals surface area contributed by atoms with Crippen molar-refractivity contribution in [3.63, 3.8) is 0 Å². The number of hydrogen-bond donors (Lipinski definition) is 3. The lowest BCUT2D eigenvalue weighted by molar-refractivity contribution is 0.0564. The summed E-state index contributed by atoms with van der Waals surface area (Å²) in [5.74, 6) is 1.27. The van der Waals surface area contributed by atoms with Crippen LogP contribution in [0.4, 0.5) is 22.0 Å². The fraction of sp³-hybridized carbons (Fsp3) is 0.154. The molecule has 9 heteroatoms. The van der Waals surface area contributed by atoms with Crippen LogP contribution in [-0.2, 0) is 4.74 Å². The molecule has 6 rings (SSSR count). The predicted molar refractivity (Wildman–Crippen MR) is 136 cm³/mol. The molecule has 174 valence electrons. The highest BCUT2D eigenvalue weighted by molar-refractivity contribution is 5.94. The summed E-state index contributed by atoms with van der Waals surface area (Å²) in [6.45, 7) is 2.28. The molecule has 0 bridgehead atoms. The standard InChI is InChI=1S/C26H23N7O2/c34-26(33-10-12-35-13-11-33)29-19-5-3-4-17(14-19)24-30-23-7-2-1-6-21(23)25(31-24)28-20-8-9-22-18(15-20)16-27-32-22/h1-9,14-16H,10-13H2,(H,27,32)(H,29,34)(H,28,30,31). The molecule has 1 aliphatic rings. The monoisotopic (exact) mass is 465 g/mol. The van der Waals surface area contributed by atoms with Crippen molar-refractivity contribution in [2.45, 2.75) is 0 Å². The van der Waals surface area contributed by atoms with E-state index < -0.39 is 0 Å². The molecule has 3 aromatic carbocycles. The van der Waals surface area contributed by atoms with Crippen molar-refractivity contribution in [3.05, 3.63) is 72.9 Å². The van der Waals surface area contributed by atoms with E-state index in [9.17, 15) is 4.79 Å². The minimum Gasteiger partial charge on any atom is -0.378 e. The van der Waals surface area contributed by atoms with Gasteiger partial charge in [0.15, 0.2) is 5.82 Å². The van der Waals surface area contributed by atoms with Crippen molar-refractivity contribution < 1.29 is 9.53 Å². The predicted octanol–water partition coefficient (Wildman–Crippen LogP) is 4.78. The number of urea groups is 1. The third-order valence-electron chi connectivity index (χ3n) is 5.98. The number of aromatic nitrogens is 4. The lowest BCUT2D eigenvalue weighted by Gasteiger charge is -2.27. The lowest BCUT2D eigenvalue weighted by atomic mass is 10.1. The highest BCUT2D eigenvalue weighted by atomic mass is 16.5. The Morgan fingerprint density at radius 3 is 2.74 bits per heavy atom. The van der Waals surface area contributed by atoms with Gasteiger partial charge in [-0.2, -0.15) is 5.10 Å². The van der Waals surface area contributed by atoms with E-state index in [1.807, 2.05) is 66.7 Å². The van der Waals surface area contributed by atoms with Crippen molar-refractivity contribution in [3.8, 4) is 11.4 Å². The van der Waals surface area contributed by atoms with E-state index in [1.165, 1.54) is 0 Å². The smallest absolute Gasteiger partial charge is 0.321 e. The zero-order valence-electron chi connectivity index (χ0n) is 18.9. The van der Waals surface area contributed by atoms with Crippen LogP contribution in [0.25, 0.3) is 33.2 Å². The number of hydrogen-bond acceptors (Lipinski definition) is 6. The van der Waals surface area contributed by atoms with Crippen LogP contribution in [0.15, 0.2) is 72.9 Å². The molecule has 2 amide bonds. The van der Waals surface area contributed by atoms with Crippen LogP contribution >= 0.6 is 0 Å². The van der Waals surface area contributed by atoms with Gasteiger partial charge >= 0.3 is 6.03 Å². The molecule has 0 unspecified atom stereocenters. The normalized spacial score (nSPS) is 13.8. The molecule has 0 saturated carbocycles. The van der Waals surface area contributed by atoms with Gasteiger partial charge in [0, 0.05) is 40.8 Å². The largest absolute Gasteiger partial charge is 0.378 e. The maximum absolute atomic E-state index is 12.6. The first-order valence-corrected chi connectivity index (χ1v) is 11.4. The first-order chi connectivity index (χ1) is 17.2.